The number of benzene rings is 2. The first-order valence-corrected chi connectivity index (χ1v) is 14.7. The molecule has 2 aromatic carbocycles. The topological polar surface area (TPSA) is 240 Å². The average Bonchev–Trinajstić information content (AvgIpc) is 2.79. The second-order valence-corrected chi connectivity index (χ2v) is 10.4. The molecule has 2 rings (SSSR count). The third-order valence-electron chi connectivity index (χ3n) is 4.48. The number of nitrogens with one attached hydrogen (secondary N) is 1. The second-order valence-electron chi connectivity index (χ2n) is 8.57. The number of rotatable bonds is 10. The summed E-state index contributed by atoms with van der Waals surface area (Å²) in [5.41, 5.74) is 19.4. The summed E-state index contributed by atoms with van der Waals surface area (Å²) in [6.45, 7) is 4.67. The monoisotopic (exact) mass is 588 g/mol. The van der Waals surface area contributed by atoms with E-state index in [0.717, 1.165) is 25.7 Å². The van der Waals surface area contributed by atoms with Crippen LogP contribution in [0.4, 0.5) is 0 Å². The lowest BCUT2D eigenvalue weighted by atomic mass is 10.1. The fraction of sp³-hybridized carbons (Fsp3) is 0.462. The quantitative estimate of drug-likeness (QED) is 0.179. The van der Waals surface area contributed by atoms with Crippen molar-refractivity contribution in [2.45, 2.75) is 64.1 Å². The van der Waals surface area contributed by atoms with Crippen molar-refractivity contribution in [1.82, 2.24) is 5.32 Å². The van der Waals surface area contributed by atoms with E-state index in [-0.39, 0.29) is 25.4 Å². The van der Waals surface area contributed by atoms with E-state index in [1.165, 1.54) is 11.1 Å². The van der Waals surface area contributed by atoms with Gasteiger partial charge in [0.05, 0.1) is 6.04 Å². The Morgan fingerprint density at radius 3 is 1.64 bits per heavy atom. The summed E-state index contributed by atoms with van der Waals surface area (Å²) in [6, 6.07) is 20.3. The minimum atomic E-state index is -3.92. The summed E-state index contributed by atoms with van der Waals surface area (Å²) >= 11 is -3.11. The van der Waals surface area contributed by atoms with Gasteiger partial charge in [-0.15, -0.1) is 11.4 Å². The Kier molecular flexibility index (Phi) is 26.5. The van der Waals surface area contributed by atoms with E-state index >= 15 is 0 Å². The Balaban J connectivity index is -0.000000539. The van der Waals surface area contributed by atoms with E-state index < -0.39 is 28.3 Å². The first-order chi connectivity index (χ1) is 17.6. The van der Waals surface area contributed by atoms with E-state index in [9.17, 15) is 4.79 Å². The van der Waals surface area contributed by atoms with Gasteiger partial charge in [0.1, 0.15) is 0 Å². The Labute approximate surface area is 238 Å². The maximum absolute atomic E-state index is 11.9. The van der Waals surface area contributed by atoms with Crippen LogP contribution in [-0.4, -0.2) is 63.8 Å². The van der Waals surface area contributed by atoms with Crippen LogP contribution >= 0.6 is 10.9 Å². The predicted molar refractivity (Wildman–Crippen MR) is 154 cm³/mol. The molecule has 0 aliphatic rings. The molecule has 0 bridgehead atoms. The van der Waals surface area contributed by atoms with Crippen molar-refractivity contribution in [3.8, 4) is 0 Å². The highest BCUT2D eigenvalue weighted by Gasteiger charge is 2.15. The standard InChI is InChI=1S/C15H25N3O.C9H13N.CH6O3S.CH3.H2O3S/c1-12(11-13-7-3-2-4-8-13)18-15(19)14(17)9-5-6-10-16;1-8(10)7-9-5-3-2-4-6-9;1-5(2,3)4;;1-4(2)3/h2-4,7-8,12,14H,5-6,9-11,16-17H2,1H3,(H,18,19);2-6,8H,7,10H2,1H3;2-4H,1H3;1H3;(H2,1,2,3)/q;;;+1;/p-5/t12-,14-;8-;;;/m00.../s1. The molecule has 13 heteroatoms. The van der Waals surface area contributed by atoms with Crippen molar-refractivity contribution in [2.24, 2.45) is 17.2 Å². The molecule has 7 N–H and O–H groups in total. The smallest absolute Gasteiger partial charge is 0.237 e. The Morgan fingerprint density at radius 2 is 1.28 bits per heavy atom. The zero-order chi connectivity index (χ0) is 29.6. The molecule has 0 saturated carbocycles. The number of nitrogens with two attached hydrogens (primary N) is 3. The van der Waals surface area contributed by atoms with Gasteiger partial charge in [0, 0.05) is 19.5 Å². The Hall–Kier alpha value is -2.04. The molecule has 2 aromatic rings. The van der Waals surface area contributed by atoms with Crippen molar-refractivity contribution in [3.05, 3.63) is 79.2 Å². The lowest BCUT2D eigenvalue weighted by molar-refractivity contribution is -0.123. The third kappa shape index (κ3) is 33.9. The second kappa shape index (κ2) is 25.0. The van der Waals surface area contributed by atoms with Crippen LogP contribution in [0.1, 0.15) is 44.2 Å². The zero-order valence-corrected chi connectivity index (χ0v) is 24.8. The molecule has 3 atom stereocenters. The summed E-state index contributed by atoms with van der Waals surface area (Å²) in [4.78, 5) is 11.9. The van der Waals surface area contributed by atoms with Crippen molar-refractivity contribution in [1.29, 1.82) is 0 Å². The number of hydrogen-bond donors (Lipinski definition) is 4. The van der Waals surface area contributed by atoms with Gasteiger partial charge in [-0.05, 0) is 57.2 Å². The molecule has 226 valence electrons. The van der Waals surface area contributed by atoms with Gasteiger partial charge in [0.2, 0.25) is 5.91 Å². The van der Waals surface area contributed by atoms with Gasteiger partial charge < -0.3 is 56.2 Å². The van der Waals surface area contributed by atoms with Crippen molar-refractivity contribution in [2.75, 3.05) is 12.8 Å². The lowest BCUT2D eigenvalue weighted by Crippen LogP contribution is -2.45. The highest BCUT2D eigenvalue weighted by atomic mass is 32.3. The predicted octanol–water partition coefficient (Wildman–Crippen LogP) is 2.02. The van der Waals surface area contributed by atoms with Crippen LogP contribution < -0.4 is 22.5 Å². The number of carbonyl (C=O) groups excluding carboxylic acids is 1. The van der Waals surface area contributed by atoms with Crippen LogP contribution in [0.3, 0.4) is 0 Å². The molecule has 0 unspecified atom stereocenters. The molecule has 1 amide bonds. The summed E-state index contributed by atoms with van der Waals surface area (Å²) in [5, 5.41) is 2.96. The molecule has 11 nitrogen and oxygen atoms in total. The van der Waals surface area contributed by atoms with E-state index in [1.807, 2.05) is 50.2 Å². The molecule has 0 radical (unpaired) electrons. The van der Waals surface area contributed by atoms with Gasteiger partial charge in [-0.3, -0.25) is 9.00 Å². The lowest BCUT2D eigenvalue weighted by Gasteiger charge is -2.60. The number of hydrogen-bond acceptors (Lipinski definition) is 10. The highest BCUT2D eigenvalue weighted by molar-refractivity contribution is 8.18. The summed E-state index contributed by atoms with van der Waals surface area (Å²) in [6.07, 6.45) is 4.91. The molecule has 0 spiro atoms. The van der Waals surface area contributed by atoms with E-state index in [0.29, 0.717) is 19.2 Å². The number of amides is 1. The first kappa shape index (κ1) is 41.4. The van der Waals surface area contributed by atoms with Gasteiger partial charge in [-0.2, -0.15) is 0 Å². The van der Waals surface area contributed by atoms with Crippen LogP contribution in [0.5, 0.6) is 0 Å². The van der Waals surface area contributed by atoms with Crippen LogP contribution in [0.2, 0.25) is 0 Å². The summed E-state index contributed by atoms with van der Waals surface area (Å²) < 4.78 is 52.6. The molecule has 0 aliphatic carbocycles. The largest absolute Gasteiger partial charge is 0.834 e. The molecule has 0 saturated heterocycles. The van der Waals surface area contributed by atoms with Gasteiger partial charge in [-0.25, -0.2) is 0 Å². The van der Waals surface area contributed by atoms with Gasteiger partial charge >= 0.3 is 0 Å². The maximum Gasteiger partial charge on any atom is 0.237 e. The van der Waals surface area contributed by atoms with Gasteiger partial charge in [0.25, 0.3) is 0 Å². The fourth-order valence-corrected chi connectivity index (χ4v) is 2.99. The molecular weight excluding hydrogens is 544 g/mol. The van der Waals surface area contributed by atoms with E-state index in [4.69, 9.17) is 44.2 Å². The van der Waals surface area contributed by atoms with Crippen LogP contribution in [0.15, 0.2) is 60.7 Å². The average molecular weight is 589 g/mol. The fourth-order valence-electron chi connectivity index (χ4n) is 2.99. The summed E-state index contributed by atoms with van der Waals surface area (Å²) in [7, 11) is -3.92. The molecule has 0 heterocycles. The first-order valence-electron chi connectivity index (χ1n) is 11.9. The van der Waals surface area contributed by atoms with E-state index in [1.54, 1.807) is 0 Å². The molecule has 0 aliphatic heterocycles. The van der Waals surface area contributed by atoms with Crippen LogP contribution in [0.25, 0.3) is 0 Å². The number of carbonyl (C=O) groups is 1. The van der Waals surface area contributed by atoms with Crippen molar-refractivity contribution < 1.29 is 31.8 Å². The van der Waals surface area contributed by atoms with E-state index in [2.05, 4.69) is 29.6 Å². The van der Waals surface area contributed by atoms with Gasteiger partial charge in [0.15, 0.2) is 0 Å². The Bertz CT molecular complexity index is 848. The van der Waals surface area contributed by atoms with Crippen LogP contribution in [0, 0.1) is 7.43 Å². The normalized spacial score (nSPS) is 12.9. The minimum absolute atomic E-state index is 0. The SMILES string of the molecule is CS([O-])([O-])[O-].C[C@@H](Cc1ccccc1)NC(=O)[C@@H](N)CCCCN.C[C@H](N)Cc1ccccc1.O=S([O-])[O-].[CH3+]. The van der Waals surface area contributed by atoms with Gasteiger partial charge in [-0.1, -0.05) is 73.3 Å². The van der Waals surface area contributed by atoms with Crippen molar-refractivity contribution in [3.63, 3.8) is 0 Å². The zero-order valence-electron chi connectivity index (χ0n) is 23.2. The maximum atomic E-state index is 11.9. The minimum Gasteiger partial charge on any atom is -0.834 e. The number of unbranched alkanes of at least 4 members (excludes halogenated alkanes) is 1. The van der Waals surface area contributed by atoms with Crippen molar-refractivity contribution >= 4 is 28.1 Å². The summed E-state index contributed by atoms with van der Waals surface area (Å²) in [5.74, 6) is -0.0690. The Morgan fingerprint density at radius 1 is 0.897 bits per heavy atom. The van der Waals surface area contributed by atoms with Crippen LogP contribution in [-0.2, 0) is 29.0 Å². The highest BCUT2D eigenvalue weighted by Crippen LogP contribution is 2.23. The third-order valence-corrected chi connectivity index (χ3v) is 4.48. The molecule has 0 aromatic heterocycles. The molecule has 39 heavy (non-hydrogen) atoms. The molecular formula is C26H44N4O7S2-4. The molecule has 0 fully saturated rings.